The third-order valence-corrected chi connectivity index (χ3v) is 3.99. The van der Waals surface area contributed by atoms with Gasteiger partial charge >= 0.3 is 5.97 Å². The van der Waals surface area contributed by atoms with Crippen molar-refractivity contribution in [2.24, 2.45) is 5.92 Å². The van der Waals surface area contributed by atoms with Crippen molar-refractivity contribution in [3.63, 3.8) is 0 Å². The van der Waals surface area contributed by atoms with Crippen molar-refractivity contribution >= 4 is 21.9 Å². The second kappa shape index (κ2) is 5.79. The van der Waals surface area contributed by atoms with E-state index in [4.69, 9.17) is 14.6 Å². The molecule has 0 unspecified atom stereocenters. The van der Waals surface area contributed by atoms with E-state index in [1.54, 1.807) is 14.2 Å². The molecule has 0 aromatic heterocycles. The molecule has 6 heteroatoms. The lowest BCUT2D eigenvalue weighted by molar-refractivity contribution is -0.147. The van der Waals surface area contributed by atoms with Crippen LogP contribution in [-0.4, -0.2) is 43.3 Å². The lowest BCUT2D eigenvalue weighted by Gasteiger charge is -2.36. The smallest absolute Gasteiger partial charge is 0.309 e. The molecular weight excluding hydrogens is 314 g/mol. The molecule has 104 valence electrons. The fourth-order valence-electron chi connectivity index (χ4n) is 2.11. The minimum atomic E-state index is -0.720. The summed E-state index contributed by atoms with van der Waals surface area (Å²) in [6.45, 7) is 1.89. The molecule has 1 saturated heterocycles. The van der Waals surface area contributed by atoms with Gasteiger partial charge in [-0.3, -0.25) is 9.69 Å². The molecule has 1 heterocycles. The van der Waals surface area contributed by atoms with Crippen molar-refractivity contribution < 1.29 is 19.4 Å². The number of ether oxygens (including phenoxy) is 2. The van der Waals surface area contributed by atoms with Gasteiger partial charge < -0.3 is 14.6 Å². The van der Waals surface area contributed by atoms with Gasteiger partial charge in [0.05, 0.1) is 20.1 Å². The van der Waals surface area contributed by atoms with Gasteiger partial charge in [0, 0.05) is 24.1 Å². The predicted octanol–water partition coefficient (Wildman–Crippen LogP) is 1.98. The number of hydrogen-bond acceptors (Lipinski definition) is 4. The van der Waals surface area contributed by atoms with Gasteiger partial charge in [0.15, 0.2) is 11.5 Å². The first-order valence-corrected chi connectivity index (χ1v) is 6.70. The van der Waals surface area contributed by atoms with Crippen LogP contribution in [0.2, 0.25) is 0 Å². The normalized spacial score (nSPS) is 15.9. The molecule has 0 bridgehead atoms. The Morgan fingerprint density at radius 3 is 2.47 bits per heavy atom. The van der Waals surface area contributed by atoms with Crippen LogP contribution in [0.3, 0.4) is 0 Å². The van der Waals surface area contributed by atoms with Crippen LogP contribution in [0.5, 0.6) is 11.5 Å². The van der Waals surface area contributed by atoms with E-state index < -0.39 is 5.97 Å². The van der Waals surface area contributed by atoms with Crippen LogP contribution in [0, 0.1) is 5.92 Å². The largest absolute Gasteiger partial charge is 0.493 e. The average Bonchev–Trinajstić information content (AvgIpc) is 2.33. The number of methoxy groups -OCH3 is 2. The highest BCUT2D eigenvalue weighted by Gasteiger charge is 2.32. The summed E-state index contributed by atoms with van der Waals surface area (Å²) in [6.07, 6.45) is 0. The van der Waals surface area contributed by atoms with Crippen LogP contribution in [0.15, 0.2) is 16.6 Å². The van der Waals surface area contributed by atoms with Crippen LogP contribution in [0.25, 0.3) is 0 Å². The Morgan fingerprint density at radius 1 is 1.37 bits per heavy atom. The Labute approximate surface area is 120 Å². The Morgan fingerprint density at radius 2 is 1.95 bits per heavy atom. The van der Waals surface area contributed by atoms with E-state index in [-0.39, 0.29) is 5.92 Å². The van der Waals surface area contributed by atoms with Crippen LogP contribution in [-0.2, 0) is 11.3 Å². The summed E-state index contributed by atoms with van der Waals surface area (Å²) in [4.78, 5) is 12.8. The highest BCUT2D eigenvalue weighted by Crippen LogP contribution is 2.34. The van der Waals surface area contributed by atoms with Crippen molar-refractivity contribution in [2.45, 2.75) is 6.54 Å². The van der Waals surface area contributed by atoms with Crippen LogP contribution in [0.1, 0.15) is 5.56 Å². The first-order chi connectivity index (χ1) is 9.05. The van der Waals surface area contributed by atoms with E-state index in [9.17, 15) is 4.79 Å². The van der Waals surface area contributed by atoms with E-state index in [1.807, 2.05) is 12.1 Å². The fraction of sp³-hybridized carbons (Fsp3) is 0.462. The molecule has 0 radical (unpaired) electrons. The van der Waals surface area contributed by atoms with Gasteiger partial charge in [0.25, 0.3) is 0 Å². The maximum absolute atomic E-state index is 10.8. The van der Waals surface area contributed by atoms with Gasteiger partial charge in [-0.25, -0.2) is 0 Å². The molecule has 0 atom stereocenters. The maximum atomic E-state index is 10.8. The zero-order valence-corrected chi connectivity index (χ0v) is 12.4. The van der Waals surface area contributed by atoms with Crippen LogP contribution >= 0.6 is 15.9 Å². The second-order valence-electron chi connectivity index (χ2n) is 4.53. The number of carboxylic acids is 1. The topological polar surface area (TPSA) is 59.0 Å². The number of likely N-dealkylation sites (tertiary alicyclic amines) is 1. The highest BCUT2D eigenvalue weighted by atomic mass is 79.9. The Bertz CT molecular complexity index is 486. The molecular formula is C13H16BrNO4. The fourth-order valence-corrected chi connectivity index (χ4v) is 2.56. The molecule has 1 aliphatic heterocycles. The van der Waals surface area contributed by atoms with Gasteiger partial charge in [-0.05, 0) is 17.7 Å². The summed E-state index contributed by atoms with van der Waals surface area (Å²) < 4.78 is 11.4. The molecule has 5 nitrogen and oxygen atoms in total. The van der Waals surface area contributed by atoms with Gasteiger partial charge in [0.2, 0.25) is 0 Å². The van der Waals surface area contributed by atoms with E-state index >= 15 is 0 Å². The van der Waals surface area contributed by atoms with Crippen molar-refractivity contribution in [3.05, 3.63) is 22.2 Å². The maximum Gasteiger partial charge on any atom is 0.309 e. The quantitative estimate of drug-likeness (QED) is 0.895. The number of nitrogens with zero attached hydrogens (tertiary/aromatic N) is 1. The van der Waals surface area contributed by atoms with E-state index in [2.05, 4.69) is 20.8 Å². The number of halogens is 1. The molecule has 1 aromatic carbocycles. The molecule has 0 spiro atoms. The number of carboxylic acid groups (broad SMARTS) is 1. The summed E-state index contributed by atoms with van der Waals surface area (Å²) in [7, 11) is 3.19. The van der Waals surface area contributed by atoms with Crippen molar-refractivity contribution in [3.8, 4) is 11.5 Å². The third kappa shape index (κ3) is 3.01. The van der Waals surface area contributed by atoms with E-state index in [0.717, 1.165) is 10.0 Å². The summed E-state index contributed by atoms with van der Waals surface area (Å²) in [5, 5.41) is 8.85. The van der Waals surface area contributed by atoms with Gasteiger partial charge in [-0.1, -0.05) is 15.9 Å². The molecule has 1 aliphatic rings. The number of aliphatic carboxylic acids is 1. The lowest BCUT2D eigenvalue weighted by Crippen LogP contribution is -2.49. The van der Waals surface area contributed by atoms with Crippen LogP contribution in [0.4, 0.5) is 0 Å². The van der Waals surface area contributed by atoms with Crippen molar-refractivity contribution in [2.75, 3.05) is 27.3 Å². The summed E-state index contributed by atoms with van der Waals surface area (Å²) in [6, 6.07) is 3.78. The molecule has 1 fully saturated rings. The Balaban J connectivity index is 2.07. The molecule has 0 amide bonds. The van der Waals surface area contributed by atoms with Gasteiger partial charge in [-0.2, -0.15) is 0 Å². The molecule has 19 heavy (non-hydrogen) atoms. The number of hydrogen-bond donors (Lipinski definition) is 1. The molecule has 0 saturated carbocycles. The minimum Gasteiger partial charge on any atom is -0.493 e. The average molecular weight is 330 g/mol. The van der Waals surface area contributed by atoms with E-state index in [1.165, 1.54) is 0 Å². The standard InChI is InChI=1S/C13H16BrNO4/c1-18-11-3-8(10(14)4-12(11)19-2)5-15-6-9(7-15)13(16)17/h3-4,9H,5-7H2,1-2H3,(H,16,17). The monoisotopic (exact) mass is 329 g/mol. The van der Waals surface area contributed by atoms with Crippen molar-refractivity contribution in [1.82, 2.24) is 4.90 Å². The zero-order chi connectivity index (χ0) is 14.0. The Kier molecular flexibility index (Phi) is 4.31. The number of carbonyl (C=O) groups is 1. The summed E-state index contributed by atoms with van der Waals surface area (Å²) in [5.41, 5.74) is 1.06. The first-order valence-electron chi connectivity index (χ1n) is 5.90. The summed E-state index contributed by atoms with van der Waals surface area (Å²) >= 11 is 3.50. The molecule has 1 N–H and O–H groups in total. The van der Waals surface area contributed by atoms with Crippen LogP contribution < -0.4 is 9.47 Å². The first kappa shape index (κ1) is 14.1. The lowest BCUT2D eigenvalue weighted by atomic mass is 9.99. The zero-order valence-electron chi connectivity index (χ0n) is 10.9. The molecule has 1 aromatic rings. The van der Waals surface area contributed by atoms with Crippen molar-refractivity contribution in [1.29, 1.82) is 0 Å². The van der Waals surface area contributed by atoms with E-state index in [0.29, 0.717) is 31.1 Å². The van der Waals surface area contributed by atoms with Gasteiger partial charge in [-0.15, -0.1) is 0 Å². The highest BCUT2D eigenvalue weighted by molar-refractivity contribution is 9.10. The van der Waals surface area contributed by atoms with Gasteiger partial charge in [0.1, 0.15) is 0 Å². The third-order valence-electron chi connectivity index (χ3n) is 3.25. The SMILES string of the molecule is COc1cc(Br)c(CN2CC(C(=O)O)C2)cc1OC. The Hall–Kier alpha value is -1.27. The molecule has 2 rings (SSSR count). The molecule has 0 aliphatic carbocycles. The minimum absolute atomic E-state index is 0.237. The summed E-state index contributed by atoms with van der Waals surface area (Å²) in [5.74, 6) is 0.391. The predicted molar refractivity (Wildman–Crippen MR) is 73.6 cm³/mol. The second-order valence-corrected chi connectivity index (χ2v) is 5.38. The number of benzene rings is 1. The number of rotatable bonds is 5.